The summed E-state index contributed by atoms with van der Waals surface area (Å²) in [6.45, 7) is 4.40. The van der Waals surface area contributed by atoms with Gasteiger partial charge >= 0.3 is 0 Å². The van der Waals surface area contributed by atoms with Crippen LogP contribution in [0.4, 0.5) is 0 Å². The Morgan fingerprint density at radius 2 is 1.73 bits per heavy atom. The average molecular weight is 294 g/mol. The zero-order chi connectivity index (χ0) is 15.5. The molecular formula is C20H22O2. The lowest BCUT2D eigenvalue weighted by Gasteiger charge is -2.26. The van der Waals surface area contributed by atoms with Gasteiger partial charge in [-0.1, -0.05) is 29.3 Å². The summed E-state index contributed by atoms with van der Waals surface area (Å²) in [6.07, 6.45) is 5.71. The number of hydrogen-bond donors (Lipinski definition) is 0. The van der Waals surface area contributed by atoms with Crippen molar-refractivity contribution in [2.45, 2.75) is 45.6 Å². The van der Waals surface area contributed by atoms with E-state index in [1.54, 1.807) is 5.57 Å². The number of benzene rings is 2. The number of ether oxygens (including phenoxy) is 1. The molecule has 0 N–H and O–H groups in total. The normalized spacial score (nSPS) is 18.3. The van der Waals surface area contributed by atoms with Crippen LogP contribution in [-0.4, -0.2) is 12.4 Å². The van der Waals surface area contributed by atoms with Crippen molar-refractivity contribution in [2.75, 3.05) is 0 Å². The molecule has 0 saturated heterocycles. The summed E-state index contributed by atoms with van der Waals surface area (Å²) in [4.78, 5) is 10.8. The van der Waals surface area contributed by atoms with Gasteiger partial charge in [0.15, 0.2) is 0 Å². The van der Waals surface area contributed by atoms with E-state index in [0.29, 0.717) is 11.7 Å². The first-order valence-electron chi connectivity index (χ1n) is 7.96. The van der Waals surface area contributed by atoms with E-state index in [-0.39, 0.29) is 0 Å². The summed E-state index contributed by atoms with van der Waals surface area (Å²) in [5.41, 5.74) is 3.78. The van der Waals surface area contributed by atoms with E-state index in [2.05, 4.69) is 19.9 Å². The lowest BCUT2D eigenvalue weighted by Crippen LogP contribution is -2.21. The molecule has 1 saturated carbocycles. The molecular weight excluding hydrogens is 272 g/mol. The molecule has 2 aromatic rings. The molecule has 2 aromatic carbocycles. The zero-order valence-corrected chi connectivity index (χ0v) is 13.3. The van der Waals surface area contributed by atoms with E-state index in [9.17, 15) is 4.79 Å². The first kappa shape index (κ1) is 14.8. The van der Waals surface area contributed by atoms with Crippen molar-refractivity contribution in [3.63, 3.8) is 0 Å². The number of allylic oxidation sites excluding steroid dienone is 2. The predicted octanol–water partition coefficient (Wildman–Crippen LogP) is 5.31. The minimum absolute atomic E-state index is 0.315. The SMILES string of the molecule is CC(C)=C1CCC(Oc2ccc3cc(C=O)ccc3c2)CC1. The van der Waals surface area contributed by atoms with Crippen molar-refractivity contribution >= 4 is 17.1 Å². The number of carbonyl (C=O) groups excluding carboxylic acids is 1. The standard InChI is InChI=1S/C20H22O2/c1-14(2)16-5-8-19(9-6-16)22-20-10-7-17-11-15(13-21)3-4-18(17)12-20/h3-4,7,10-13,19H,5-6,8-9H2,1-2H3. The highest BCUT2D eigenvalue weighted by Crippen LogP contribution is 2.30. The molecule has 0 aromatic heterocycles. The van der Waals surface area contributed by atoms with Crippen molar-refractivity contribution in [1.29, 1.82) is 0 Å². The van der Waals surface area contributed by atoms with Crippen molar-refractivity contribution in [2.24, 2.45) is 0 Å². The first-order valence-corrected chi connectivity index (χ1v) is 7.96. The lowest BCUT2D eigenvalue weighted by atomic mass is 9.90. The molecule has 1 aliphatic carbocycles. The summed E-state index contributed by atoms with van der Waals surface area (Å²) < 4.78 is 6.16. The minimum Gasteiger partial charge on any atom is -0.490 e. The monoisotopic (exact) mass is 294 g/mol. The number of aldehydes is 1. The molecule has 2 heteroatoms. The quantitative estimate of drug-likeness (QED) is 0.566. The van der Waals surface area contributed by atoms with Crippen LogP contribution in [0.5, 0.6) is 5.75 Å². The molecule has 1 aliphatic rings. The average Bonchev–Trinajstić information content (AvgIpc) is 2.55. The second kappa shape index (κ2) is 6.35. The zero-order valence-electron chi connectivity index (χ0n) is 13.3. The Balaban J connectivity index is 1.72. The van der Waals surface area contributed by atoms with E-state index in [1.165, 1.54) is 5.57 Å². The highest BCUT2D eigenvalue weighted by molar-refractivity contribution is 5.89. The van der Waals surface area contributed by atoms with Crippen LogP contribution in [0.25, 0.3) is 10.8 Å². The van der Waals surface area contributed by atoms with Crippen LogP contribution in [0.2, 0.25) is 0 Å². The minimum atomic E-state index is 0.315. The maximum Gasteiger partial charge on any atom is 0.150 e. The van der Waals surface area contributed by atoms with Crippen molar-refractivity contribution in [3.8, 4) is 5.75 Å². The summed E-state index contributed by atoms with van der Waals surface area (Å²) in [6, 6.07) is 11.8. The summed E-state index contributed by atoms with van der Waals surface area (Å²) >= 11 is 0. The Labute approximate surface area is 131 Å². The third-order valence-electron chi connectivity index (χ3n) is 4.52. The van der Waals surface area contributed by atoms with Gasteiger partial charge in [-0.2, -0.15) is 0 Å². The molecule has 0 unspecified atom stereocenters. The van der Waals surface area contributed by atoms with Gasteiger partial charge in [0.25, 0.3) is 0 Å². The molecule has 3 rings (SSSR count). The van der Waals surface area contributed by atoms with Gasteiger partial charge in [-0.25, -0.2) is 0 Å². The maximum absolute atomic E-state index is 10.8. The van der Waals surface area contributed by atoms with E-state index in [4.69, 9.17) is 4.74 Å². The Morgan fingerprint density at radius 3 is 2.41 bits per heavy atom. The summed E-state index contributed by atoms with van der Waals surface area (Å²) in [7, 11) is 0. The molecule has 22 heavy (non-hydrogen) atoms. The van der Waals surface area contributed by atoms with Crippen LogP contribution in [0.15, 0.2) is 47.5 Å². The highest BCUT2D eigenvalue weighted by atomic mass is 16.5. The largest absolute Gasteiger partial charge is 0.490 e. The number of rotatable bonds is 3. The molecule has 0 atom stereocenters. The van der Waals surface area contributed by atoms with Gasteiger partial charge in [-0.3, -0.25) is 4.79 Å². The van der Waals surface area contributed by atoms with Gasteiger partial charge in [0.2, 0.25) is 0 Å². The van der Waals surface area contributed by atoms with E-state index < -0.39 is 0 Å². The number of hydrogen-bond acceptors (Lipinski definition) is 2. The molecule has 0 radical (unpaired) electrons. The number of fused-ring (bicyclic) bond motifs is 1. The van der Waals surface area contributed by atoms with Gasteiger partial charge in [-0.05, 0) is 68.5 Å². The van der Waals surface area contributed by atoms with Gasteiger partial charge in [0, 0.05) is 5.56 Å². The van der Waals surface area contributed by atoms with Crippen LogP contribution >= 0.6 is 0 Å². The molecule has 0 bridgehead atoms. The van der Waals surface area contributed by atoms with Crippen LogP contribution in [0.1, 0.15) is 49.9 Å². The first-order chi connectivity index (χ1) is 10.7. The maximum atomic E-state index is 10.8. The Kier molecular flexibility index (Phi) is 4.28. The summed E-state index contributed by atoms with van der Waals surface area (Å²) in [5, 5.41) is 2.19. The third kappa shape index (κ3) is 3.22. The summed E-state index contributed by atoms with van der Waals surface area (Å²) in [5.74, 6) is 0.928. The second-order valence-corrected chi connectivity index (χ2v) is 6.31. The van der Waals surface area contributed by atoms with E-state index in [1.807, 2.05) is 30.3 Å². The van der Waals surface area contributed by atoms with Crippen molar-refractivity contribution in [1.82, 2.24) is 0 Å². The third-order valence-corrected chi connectivity index (χ3v) is 4.52. The molecule has 1 fully saturated rings. The van der Waals surface area contributed by atoms with Crippen molar-refractivity contribution in [3.05, 3.63) is 53.1 Å². The van der Waals surface area contributed by atoms with Crippen LogP contribution < -0.4 is 4.74 Å². The molecule has 114 valence electrons. The molecule has 0 heterocycles. The molecule has 2 nitrogen and oxygen atoms in total. The number of carbonyl (C=O) groups is 1. The molecule has 0 amide bonds. The Hall–Kier alpha value is -2.09. The van der Waals surface area contributed by atoms with E-state index in [0.717, 1.165) is 48.5 Å². The van der Waals surface area contributed by atoms with Crippen LogP contribution in [0, 0.1) is 0 Å². The van der Waals surface area contributed by atoms with Crippen LogP contribution in [0.3, 0.4) is 0 Å². The highest BCUT2D eigenvalue weighted by Gasteiger charge is 2.18. The second-order valence-electron chi connectivity index (χ2n) is 6.31. The van der Waals surface area contributed by atoms with Crippen LogP contribution in [-0.2, 0) is 0 Å². The predicted molar refractivity (Wildman–Crippen MR) is 90.6 cm³/mol. The fourth-order valence-corrected chi connectivity index (χ4v) is 3.14. The Morgan fingerprint density at radius 1 is 1.05 bits per heavy atom. The molecule has 0 aliphatic heterocycles. The van der Waals surface area contributed by atoms with Crippen molar-refractivity contribution < 1.29 is 9.53 Å². The lowest BCUT2D eigenvalue weighted by molar-refractivity contribution is 0.112. The fraction of sp³-hybridized carbons (Fsp3) is 0.350. The topological polar surface area (TPSA) is 26.3 Å². The fourth-order valence-electron chi connectivity index (χ4n) is 3.14. The van der Waals surface area contributed by atoms with Gasteiger partial charge in [0.05, 0.1) is 6.10 Å². The van der Waals surface area contributed by atoms with Gasteiger partial charge < -0.3 is 4.74 Å². The Bertz CT molecular complexity index is 714. The van der Waals surface area contributed by atoms with Gasteiger partial charge in [0.1, 0.15) is 12.0 Å². The van der Waals surface area contributed by atoms with Gasteiger partial charge in [-0.15, -0.1) is 0 Å². The molecule has 0 spiro atoms. The van der Waals surface area contributed by atoms with E-state index >= 15 is 0 Å². The smallest absolute Gasteiger partial charge is 0.150 e.